The van der Waals surface area contributed by atoms with Crippen molar-refractivity contribution >= 4 is 44.1 Å². The van der Waals surface area contributed by atoms with Crippen LogP contribution in [0, 0.1) is 12.8 Å². The number of hydrogen-bond acceptors (Lipinski definition) is 8. The number of piperazine rings is 1. The van der Waals surface area contributed by atoms with Gasteiger partial charge in [0, 0.05) is 47.7 Å². The molecule has 3 heterocycles. The van der Waals surface area contributed by atoms with Crippen molar-refractivity contribution in [3.63, 3.8) is 0 Å². The van der Waals surface area contributed by atoms with Crippen LogP contribution in [0.1, 0.15) is 37.0 Å². The summed E-state index contributed by atoms with van der Waals surface area (Å²) >= 11 is 1.92. The highest BCUT2D eigenvalue weighted by atomic mass is 32.1. The molecule has 1 saturated heterocycles. The quantitative estimate of drug-likeness (QED) is 0.287. The van der Waals surface area contributed by atoms with Gasteiger partial charge in [0.1, 0.15) is 17.7 Å². The maximum absolute atomic E-state index is 12.6. The number of benzene rings is 2. The Hall–Kier alpha value is -3.07. The summed E-state index contributed by atoms with van der Waals surface area (Å²) in [5.41, 5.74) is 2.30. The SMILES string of the molecule is CCOC(=O)[C@@H](Nc1nc(CN2CCN(Cc3sc4ccccc4c3C)CC2)nc2ccccc12)C(C)C. The van der Waals surface area contributed by atoms with Gasteiger partial charge in [0.2, 0.25) is 0 Å². The maximum Gasteiger partial charge on any atom is 0.328 e. The highest BCUT2D eigenvalue weighted by Crippen LogP contribution is 2.31. The van der Waals surface area contributed by atoms with E-state index < -0.39 is 6.04 Å². The largest absolute Gasteiger partial charge is 0.464 e. The number of nitrogens with one attached hydrogen (secondary N) is 1. The van der Waals surface area contributed by atoms with Crippen molar-refractivity contribution in [2.75, 3.05) is 38.1 Å². The van der Waals surface area contributed by atoms with Crippen LogP contribution in [0.5, 0.6) is 0 Å². The summed E-state index contributed by atoms with van der Waals surface area (Å²) < 4.78 is 6.70. The first kappa shape index (κ1) is 26.5. The van der Waals surface area contributed by atoms with Crippen LogP contribution in [-0.4, -0.2) is 64.6 Å². The molecule has 38 heavy (non-hydrogen) atoms. The van der Waals surface area contributed by atoms with Crippen LogP contribution in [0.3, 0.4) is 0 Å². The number of rotatable bonds is 9. The third-order valence-electron chi connectivity index (χ3n) is 7.29. The van der Waals surface area contributed by atoms with E-state index in [-0.39, 0.29) is 11.9 Å². The van der Waals surface area contributed by atoms with Crippen molar-refractivity contribution < 1.29 is 9.53 Å². The zero-order valence-electron chi connectivity index (χ0n) is 22.7. The number of ether oxygens (including phenoxy) is 1. The third-order valence-corrected chi connectivity index (χ3v) is 8.55. The predicted molar refractivity (Wildman–Crippen MR) is 156 cm³/mol. The molecule has 4 aromatic rings. The number of para-hydroxylation sites is 1. The van der Waals surface area contributed by atoms with Crippen LogP contribution in [0.4, 0.5) is 5.82 Å². The highest BCUT2D eigenvalue weighted by Gasteiger charge is 2.26. The van der Waals surface area contributed by atoms with Gasteiger partial charge in [-0.1, -0.05) is 44.2 Å². The van der Waals surface area contributed by atoms with Gasteiger partial charge < -0.3 is 10.1 Å². The first-order chi connectivity index (χ1) is 18.4. The predicted octanol–water partition coefficient (Wildman–Crippen LogP) is 5.47. The van der Waals surface area contributed by atoms with E-state index >= 15 is 0 Å². The van der Waals surface area contributed by atoms with Gasteiger partial charge >= 0.3 is 5.97 Å². The molecule has 5 rings (SSSR count). The Kier molecular flexibility index (Phi) is 8.21. The lowest BCUT2D eigenvalue weighted by Gasteiger charge is -2.34. The summed E-state index contributed by atoms with van der Waals surface area (Å²) in [7, 11) is 0. The summed E-state index contributed by atoms with van der Waals surface area (Å²) in [6.45, 7) is 14.1. The van der Waals surface area contributed by atoms with Crippen molar-refractivity contribution in [2.24, 2.45) is 5.92 Å². The first-order valence-corrected chi connectivity index (χ1v) is 14.3. The molecule has 1 aliphatic heterocycles. The van der Waals surface area contributed by atoms with Crippen LogP contribution in [0.15, 0.2) is 48.5 Å². The van der Waals surface area contributed by atoms with Crippen molar-refractivity contribution in [3.8, 4) is 0 Å². The van der Waals surface area contributed by atoms with Gasteiger partial charge in [0.05, 0.1) is 18.7 Å². The minimum Gasteiger partial charge on any atom is -0.464 e. The fourth-order valence-corrected chi connectivity index (χ4v) is 6.32. The molecule has 0 radical (unpaired) electrons. The molecule has 0 spiro atoms. The molecule has 1 fully saturated rings. The smallest absolute Gasteiger partial charge is 0.328 e. The monoisotopic (exact) mass is 531 g/mol. The van der Waals surface area contributed by atoms with Gasteiger partial charge in [-0.05, 0) is 48.9 Å². The lowest BCUT2D eigenvalue weighted by molar-refractivity contribution is -0.145. The van der Waals surface area contributed by atoms with Crippen LogP contribution >= 0.6 is 11.3 Å². The number of carbonyl (C=O) groups is 1. The average Bonchev–Trinajstić information content (AvgIpc) is 3.23. The minimum absolute atomic E-state index is 0.0591. The van der Waals surface area contributed by atoms with Crippen molar-refractivity contribution in [3.05, 3.63) is 64.8 Å². The molecule has 0 bridgehead atoms. The molecule has 0 saturated carbocycles. The topological polar surface area (TPSA) is 70.6 Å². The Balaban J connectivity index is 1.27. The number of aromatic nitrogens is 2. The van der Waals surface area contributed by atoms with Gasteiger partial charge in [-0.2, -0.15) is 0 Å². The standard InChI is InChI=1S/C30H37N5O2S/c1-5-37-30(36)28(20(2)3)33-29-23-11-6-8-12-24(23)31-27(32-29)19-35-16-14-34(15-17-35)18-26-21(4)22-10-7-9-13-25(22)38-26/h6-13,20,28H,5,14-19H2,1-4H3,(H,31,32,33)/t28-/m0/s1. The molecular formula is C30H37N5O2S. The van der Waals surface area contributed by atoms with Crippen molar-refractivity contribution in [1.82, 2.24) is 19.8 Å². The molecule has 2 aromatic carbocycles. The molecular weight excluding hydrogens is 494 g/mol. The molecule has 200 valence electrons. The zero-order chi connectivity index (χ0) is 26.6. The van der Waals surface area contributed by atoms with Gasteiger partial charge in [-0.25, -0.2) is 14.8 Å². The number of fused-ring (bicyclic) bond motifs is 2. The van der Waals surface area contributed by atoms with E-state index in [4.69, 9.17) is 14.7 Å². The summed E-state index contributed by atoms with van der Waals surface area (Å²) in [4.78, 5) is 28.8. The van der Waals surface area contributed by atoms with E-state index in [1.54, 1.807) is 0 Å². The van der Waals surface area contributed by atoms with Crippen LogP contribution < -0.4 is 5.32 Å². The number of thiophene rings is 1. The van der Waals surface area contributed by atoms with E-state index in [0.717, 1.165) is 49.5 Å². The van der Waals surface area contributed by atoms with Crippen LogP contribution in [0.25, 0.3) is 21.0 Å². The number of aryl methyl sites for hydroxylation is 1. The van der Waals surface area contributed by atoms with E-state index in [0.29, 0.717) is 19.0 Å². The Labute approximate surface area is 228 Å². The van der Waals surface area contributed by atoms with Gasteiger partial charge in [-0.15, -0.1) is 11.3 Å². The van der Waals surface area contributed by atoms with Crippen molar-refractivity contribution in [1.29, 1.82) is 0 Å². The van der Waals surface area contributed by atoms with Gasteiger partial charge in [0.25, 0.3) is 0 Å². The molecule has 2 aromatic heterocycles. The van der Waals surface area contributed by atoms with Crippen LogP contribution in [-0.2, 0) is 22.6 Å². The summed E-state index contributed by atoms with van der Waals surface area (Å²) in [5, 5.41) is 5.68. The van der Waals surface area contributed by atoms with Crippen molar-refractivity contribution in [2.45, 2.75) is 46.8 Å². The second-order valence-electron chi connectivity index (χ2n) is 10.3. The zero-order valence-corrected chi connectivity index (χ0v) is 23.6. The Morgan fingerprint density at radius 3 is 2.32 bits per heavy atom. The summed E-state index contributed by atoms with van der Waals surface area (Å²) in [5.74, 6) is 1.27. The Morgan fingerprint density at radius 1 is 0.974 bits per heavy atom. The first-order valence-electron chi connectivity index (χ1n) is 13.5. The maximum atomic E-state index is 12.6. The second-order valence-corrected chi connectivity index (χ2v) is 11.5. The van der Waals surface area contributed by atoms with E-state index in [9.17, 15) is 4.79 Å². The van der Waals surface area contributed by atoms with Crippen LogP contribution in [0.2, 0.25) is 0 Å². The molecule has 1 atom stereocenters. The number of hydrogen-bond donors (Lipinski definition) is 1. The average molecular weight is 532 g/mol. The van der Waals surface area contributed by atoms with Gasteiger partial charge in [0.15, 0.2) is 0 Å². The summed E-state index contributed by atoms with van der Waals surface area (Å²) in [6.07, 6.45) is 0. The van der Waals surface area contributed by atoms with E-state index in [1.165, 1.54) is 20.5 Å². The van der Waals surface area contributed by atoms with Gasteiger partial charge in [-0.3, -0.25) is 9.80 Å². The van der Waals surface area contributed by atoms with E-state index in [1.807, 2.05) is 56.4 Å². The Bertz CT molecular complexity index is 1410. The normalized spacial score (nSPS) is 15.8. The number of anilines is 1. The second kappa shape index (κ2) is 11.8. The third kappa shape index (κ3) is 5.82. The minimum atomic E-state index is -0.470. The number of carbonyl (C=O) groups excluding carboxylic acids is 1. The van der Waals surface area contributed by atoms with E-state index in [2.05, 4.69) is 46.3 Å². The molecule has 0 amide bonds. The Morgan fingerprint density at radius 2 is 1.63 bits per heavy atom. The molecule has 0 aliphatic carbocycles. The highest BCUT2D eigenvalue weighted by molar-refractivity contribution is 7.19. The molecule has 1 aliphatic rings. The summed E-state index contributed by atoms with van der Waals surface area (Å²) in [6, 6.07) is 16.2. The fourth-order valence-electron chi connectivity index (χ4n) is 5.07. The molecule has 0 unspecified atom stereocenters. The fraction of sp³-hybridized carbons (Fsp3) is 0.433. The number of esters is 1. The lowest BCUT2D eigenvalue weighted by Crippen LogP contribution is -2.45. The lowest BCUT2D eigenvalue weighted by atomic mass is 10.0. The molecule has 1 N–H and O–H groups in total. The molecule has 7 nitrogen and oxygen atoms in total. The number of nitrogens with zero attached hydrogens (tertiary/aromatic N) is 4. The molecule has 8 heteroatoms.